The fourth-order valence-corrected chi connectivity index (χ4v) is 1.58. The van der Waals surface area contributed by atoms with Crippen molar-refractivity contribution in [1.82, 2.24) is 4.90 Å². The van der Waals surface area contributed by atoms with Crippen molar-refractivity contribution in [3.05, 3.63) is 23.8 Å². The predicted molar refractivity (Wildman–Crippen MR) is 78.8 cm³/mol. The molecular formula is C15H20N2O3. The quantitative estimate of drug-likeness (QED) is 0.785. The van der Waals surface area contributed by atoms with Crippen LogP contribution in [0.5, 0.6) is 5.75 Å². The zero-order valence-corrected chi connectivity index (χ0v) is 12.1. The summed E-state index contributed by atoms with van der Waals surface area (Å²) in [4.78, 5) is 13.6. The molecule has 0 radical (unpaired) electrons. The molecule has 1 aromatic carbocycles. The molecule has 0 saturated heterocycles. The number of anilines is 1. The van der Waals surface area contributed by atoms with Crippen LogP contribution in [0.2, 0.25) is 0 Å². The van der Waals surface area contributed by atoms with E-state index in [0.717, 1.165) is 5.56 Å². The van der Waals surface area contributed by atoms with Crippen molar-refractivity contribution in [1.29, 1.82) is 0 Å². The standard InChI is InChI=1S/C15H20N2O3/c1-17(2)11-15(19)16-13-10-12(6-4-5-9-18)7-8-14(13)20-3/h7-8,10,18H,5,9,11H2,1-3H3,(H,16,19). The van der Waals surface area contributed by atoms with E-state index >= 15 is 0 Å². The Kier molecular flexibility index (Phi) is 6.57. The number of hydrogen-bond acceptors (Lipinski definition) is 4. The summed E-state index contributed by atoms with van der Waals surface area (Å²) in [6.45, 7) is 0.332. The summed E-state index contributed by atoms with van der Waals surface area (Å²) in [5, 5.41) is 11.5. The molecule has 0 spiro atoms. The molecule has 0 heterocycles. The molecule has 20 heavy (non-hydrogen) atoms. The van der Waals surface area contributed by atoms with Crippen LogP contribution in [-0.2, 0) is 4.79 Å². The average molecular weight is 276 g/mol. The lowest BCUT2D eigenvalue weighted by Crippen LogP contribution is -2.27. The van der Waals surface area contributed by atoms with E-state index in [1.165, 1.54) is 0 Å². The van der Waals surface area contributed by atoms with Crippen LogP contribution in [0.15, 0.2) is 18.2 Å². The zero-order valence-electron chi connectivity index (χ0n) is 12.1. The monoisotopic (exact) mass is 276 g/mol. The van der Waals surface area contributed by atoms with Crippen molar-refractivity contribution in [3.63, 3.8) is 0 Å². The number of nitrogens with one attached hydrogen (secondary N) is 1. The molecule has 0 fully saturated rings. The van der Waals surface area contributed by atoms with Gasteiger partial charge in [0.05, 0.1) is 25.9 Å². The smallest absolute Gasteiger partial charge is 0.238 e. The number of carbonyl (C=O) groups excluding carboxylic acids is 1. The van der Waals surface area contributed by atoms with Gasteiger partial charge in [-0.3, -0.25) is 4.79 Å². The van der Waals surface area contributed by atoms with Gasteiger partial charge in [-0.2, -0.15) is 0 Å². The lowest BCUT2D eigenvalue weighted by Gasteiger charge is -2.13. The molecule has 108 valence electrons. The highest BCUT2D eigenvalue weighted by Gasteiger charge is 2.08. The second-order valence-electron chi connectivity index (χ2n) is 4.48. The van der Waals surface area contributed by atoms with Crippen molar-refractivity contribution in [2.75, 3.05) is 39.7 Å². The van der Waals surface area contributed by atoms with E-state index < -0.39 is 0 Å². The number of amides is 1. The Hall–Kier alpha value is -2.03. The maximum absolute atomic E-state index is 11.8. The van der Waals surface area contributed by atoms with Crippen molar-refractivity contribution < 1.29 is 14.6 Å². The van der Waals surface area contributed by atoms with Crippen molar-refractivity contribution >= 4 is 11.6 Å². The van der Waals surface area contributed by atoms with E-state index in [-0.39, 0.29) is 12.5 Å². The highest BCUT2D eigenvalue weighted by Crippen LogP contribution is 2.25. The molecule has 2 N–H and O–H groups in total. The third-order valence-electron chi connectivity index (χ3n) is 2.40. The van der Waals surface area contributed by atoms with Crippen molar-refractivity contribution in [2.45, 2.75) is 6.42 Å². The average Bonchev–Trinajstić information content (AvgIpc) is 2.38. The minimum Gasteiger partial charge on any atom is -0.495 e. The molecule has 0 bridgehead atoms. The Morgan fingerprint density at radius 1 is 1.45 bits per heavy atom. The summed E-state index contributed by atoms with van der Waals surface area (Å²) in [7, 11) is 5.20. The molecule has 0 unspecified atom stereocenters. The maximum atomic E-state index is 11.8. The van der Waals surface area contributed by atoms with Gasteiger partial charge in [-0.1, -0.05) is 11.8 Å². The fraction of sp³-hybridized carbons (Fsp3) is 0.400. The molecule has 0 aliphatic carbocycles. The number of aliphatic hydroxyl groups is 1. The van der Waals surface area contributed by atoms with Crippen molar-refractivity contribution in [3.8, 4) is 17.6 Å². The number of carbonyl (C=O) groups is 1. The molecule has 5 heteroatoms. The Morgan fingerprint density at radius 3 is 2.80 bits per heavy atom. The minimum absolute atomic E-state index is 0.0373. The zero-order chi connectivity index (χ0) is 15.0. The van der Waals surface area contributed by atoms with Gasteiger partial charge in [0.25, 0.3) is 0 Å². The molecule has 5 nitrogen and oxygen atoms in total. The minimum atomic E-state index is -0.117. The lowest BCUT2D eigenvalue weighted by molar-refractivity contribution is -0.116. The van der Waals surface area contributed by atoms with Crippen LogP contribution >= 0.6 is 0 Å². The number of likely N-dealkylation sites (N-methyl/N-ethyl adjacent to an activating group) is 1. The van der Waals surface area contributed by atoms with Gasteiger partial charge in [-0.25, -0.2) is 0 Å². The van der Waals surface area contributed by atoms with Crippen LogP contribution < -0.4 is 10.1 Å². The summed E-state index contributed by atoms with van der Waals surface area (Å²) in [6, 6.07) is 5.33. The molecule has 1 amide bonds. The topological polar surface area (TPSA) is 61.8 Å². The molecule has 0 aromatic heterocycles. The second-order valence-corrected chi connectivity index (χ2v) is 4.48. The SMILES string of the molecule is COc1ccc(C#CCCO)cc1NC(=O)CN(C)C. The largest absolute Gasteiger partial charge is 0.495 e. The summed E-state index contributed by atoms with van der Waals surface area (Å²) in [5.41, 5.74) is 1.36. The molecule has 1 rings (SSSR count). The summed E-state index contributed by atoms with van der Waals surface area (Å²) in [5.74, 6) is 6.23. The Morgan fingerprint density at radius 2 is 2.20 bits per heavy atom. The number of nitrogens with zero attached hydrogens (tertiary/aromatic N) is 1. The Balaban J connectivity index is 2.89. The lowest BCUT2D eigenvalue weighted by atomic mass is 10.2. The summed E-state index contributed by atoms with van der Waals surface area (Å²) < 4.78 is 5.22. The van der Waals surface area contributed by atoms with E-state index in [0.29, 0.717) is 24.4 Å². The van der Waals surface area contributed by atoms with Gasteiger partial charge in [0.2, 0.25) is 5.91 Å². The van der Waals surface area contributed by atoms with Gasteiger partial charge in [0.1, 0.15) is 5.75 Å². The van der Waals surface area contributed by atoms with E-state index in [4.69, 9.17) is 9.84 Å². The first-order valence-corrected chi connectivity index (χ1v) is 6.29. The van der Waals surface area contributed by atoms with Gasteiger partial charge >= 0.3 is 0 Å². The second kappa shape index (κ2) is 8.20. The predicted octanol–water partition coefficient (Wildman–Crippen LogP) is 0.929. The van der Waals surface area contributed by atoms with Gasteiger partial charge in [0, 0.05) is 12.0 Å². The normalized spacial score (nSPS) is 9.85. The van der Waals surface area contributed by atoms with Crippen LogP contribution in [-0.4, -0.2) is 50.3 Å². The van der Waals surface area contributed by atoms with Crippen molar-refractivity contribution in [2.24, 2.45) is 0 Å². The first-order valence-electron chi connectivity index (χ1n) is 6.29. The first-order chi connectivity index (χ1) is 9.56. The first kappa shape index (κ1) is 16.0. The molecule has 0 aliphatic heterocycles. The number of benzene rings is 1. The summed E-state index contributed by atoms with van der Waals surface area (Å²) in [6.07, 6.45) is 0.425. The maximum Gasteiger partial charge on any atom is 0.238 e. The van der Waals surface area contributed by atoms with Gasteiger partial charge in [-0.05, 0) is 32.3 Å². The molecular weight excluding hydrogens is 256 g/mol. The van der Waals surface area contributed by atoms with E-state index in [1.807, 2.05) is 20.2 Å². The third kappa shape index (κ3) is 5.31. The van der Waals surface area contributed by atoms with Crippen LogP contribution in [0.1, 0.15) is 12.0 Å². The molecule has 0 saturated carbocycles. The highest BCUT2D eigenvalue weighted by atomic mass is 16.5. The van der Waals surface area contributed by atoms with E-state index in [9.17, 15) is 4.79 Å². The summed E-state index contributed by atoms with van der Waals surface area (Å²) >= 11 is 0. The molecule has 0 aliphatic rings. The van der Waals surface area contributed by atoms with Crippen LogP contribution in [0.3, 0.4) is 0 Å². The number of aliphatic hydroxyl groups excluding tert-OH is 1. The van der Waals surface area contributed by atoms with Crippen LogP contribution in [0.25, 0.3) is 0 Å². The Labute approximate surface area is 119 Å². The van der Waals surface area contributed by atoms with Gasteiger partial charge < -0.3 is 20.1 Å². The number of hydrogen-bond donors (Lipinski definition) is 2. The van der Waals surface area contributed by atoms with E-state index in [2.05, 4.69) is 17.2 Å². The number of methoxy groups -OCH3 is 1. The van der Waals surface area contributed by atoms with Gasteiger partial charge in [-0.15, -0.1) is 0 Å². The molecule has 0 atom stereocenters. The number of ether oxygens (including phenoxy) is 1. The van der Waals surface area contributed by atoms with Crippen LogP contribution in [0, 0.1) is 11.8 Å². The molecule has 1 aromatic rings. The van der Waals surface area contributed by atoms with E-state index in [1.54, 1.807) is 24.1 Å². The Bertz CT molecular complexity index is 516. The third-order valence-corrected chi connectivity index (χ3v) is 2.40. The van der Waals surface area contributed by atoms with Gasteiger partial charge in [0.15, 0.2) is 0 Å². The fourth-order valence-electron chi connectivity index (χ4n) is 1.58. The highest BCUT2D eigenvalue weighted by molar-refractivity contribution is 5.93. The van der Waals surface area contributed by atoms with Crippen LogP contribution in [0.4, 0.5) is 5.69 Å². The number of rotatable bonds is 5.